The second-order valence-electron chi connectivity index (χ2n) is 12.4. The molecule has 1 aliphatic rings. The fourth-order valence-corrected chi connectivity index (χ4v) is 12.6. The van der Waals surface area contributed by atoms with Crippen molar-refractivity contribution in [3.05, 3.63) is 22.7 Å². The average molecular weight is 1010 g/mol. The molecule has 9 atom stereocenters. The molecule has 0 aliphatic carbocycles. The number of hydrogen-bond acceptors (Lipinski definition) is 20. The Kier molecular flexibility index (Phi) is 21.4. The van der Waals surface area contributed by atoms with Crippen molar-refractivity contribution in [2.45, 2.75) is 95.2 Å². The lowest BCUT2D eigenvalue weighted by Crippen LogP contribution is -2.28. The van der Waals surface area contributed by atoms with Crippen molar-refractivity contribution in [2.75, 3.05) is 25.5 Å². The first kappa shape index (κ1) is 55.5. The molecule has 37 heteroatoms. The number of amides is 1. The smallest absolute Gasteiger partial charge is 0.390 e. The van der Waals surface area contributed by atoms with E-state index in [9.17, 15) is 89.4 Å². The third kappa shape index (κ3) is 22.7. The van der Waals surface area contributed by atoms with E-state index in [0.29, 0.717) is 38.5 Å². The summed E-state index contributed by atoms with van der Waals surface area (Å²) in [6.07, 6.45) is -6.33. The predicted molar refractivity (Wildman–Crippen MR) is 194 cm³/mol. The van der Waals surface area contributed by atoms with E-state index in [1.807, 2.05) is 0 Å². The zero-order valence-electron chi connectivity index (χ0n) is 31.1. The van der Waals surface area contributed by atoms with Crippen LogP contribution in [0.15, 0.2) is 17.1 Å². The monoisotopic (exact) mass is 1010 g/mol. The number of rotatable bonds is 29. The van der Waals surface area contributed by atoms with Gasteiger partial charge in [0.25, 0.3) is 0 Å². The van der Waals surface area contributed by atoms with Gasteiger partial charge in [-0.3, -0.25) is 23.2 Å². The van der Waals surface area contributed by atoms with Gasteiger partial charge in [0, 0.05) is 32.0 Å². The first-order chi connectivity index (χ1) is 27.8. The molecule has 0 aromatic carbocycles. The molecular formula is C24H43F3N4O24P6. The van der Waals surface area contributed by atoms with Gasteiger partial charge in [0.1, 0.15) is 18.1 Å². The highest BCUT2D eigenvalue weighted by Crippen LogP contribution is 2.75. The molecule has 2 heterocycles. The Balaban J connectivity index is 1.71. The highest BCUT2D eigenvalue weighted by Gasteiger charge is 2.50. The number of phosphoric acid groups is 6. The molecule has 1 aliphatic heterocycles. The van der Waals surface area contributed by atoms with Crippen LogP contribution in [0.3, 0.4) is 0 Å². The van der Waals surface area contributed by atoms with Crippen molar-refractivity contribution < 1.29 is 120 Å². The molecule has 7 unspecified atom stereocenters. The molecule has 354 valence electrons. The summed E-state index contributed by atoms with van der Waals surface area (Å²) in [7, 11) is -37.0. The number of phosphoric ester groups is 2. The van der Waals surface area contributed by atoms with E-state index >= 15 is 0 Å². The van der Waals surface area contributed by atoms with Crippen molar-refractivity contribution in [2.24, 2.45) is 0 Å². The number of carbonyl (C=O) groups excluding carboxylic acids is 2. The second-order valence-corrected chi connectivity index (χ2v) is 21.8. The maximum atomic E-state index is 12.2. The summed E-state index contributed by atoms with van der Waals surface area (Å²) in [6.45, 7) is -1.49. The molecular weight excluding hydrogens is 971 g/mol. The third-order valence-corrected chi connectivity index (χ3v) is 16.6. The van der Waals surface area contributed by atoms with Gasteiger partial charge >= 0.3 is 58.8 Å². The molecule has 28 nitrogen and oxygen atoms in total. The van der Waals surface area contributed by atoms with Gasteiger partial charge < -0.3 is 50.3 Å². The first-order valence-corrected chi connectivity index (χ1v) is 26.2. The maximum Gasteiger partial charge on any atom is 0.490 e. The van der Waals surface area contributed by atoms with Crippen LogP contribution >= 0.6 is 46.9 Å². The number of hydrogen-bond donors (Lipinski definition) is 9. The number of anilines is 1. The highest BCUT2D eigenvalue weighted by atomic mass is 31.3. The molecule has 0 radical (unpaired) electrons. The van der Waals surface area contributed by atoms with Gasteiger partial charge in [-0.25, -0.2) is 32.2 Å². The van der Waals surface area contributed by atoms with E-state index in [0.717, 1.165) is 10.8 Å². The summed E-state index contributed by atoms with van der Waals surface area (Å²) in [5, 5.41) is 12.8. The minimum atomic E-state index is -6.50. The quantitative estimate of drug-likeness (QED) is 0.0410. The predicted octanol–water partition coefficient (Wildman–Crippen LogP) is 3.34. The summed E-state index contributed by atoms with van der Waals surface area (Å²) in [5.41, 5.74) is 4.50. The fraction of sp³-hybridized carbons (Fsp3) is 0.750. The van der Waals surface area contributed by atoms with Gasteiger partial charge in [0.05, 0.1) is 19.3 Å². The van der Waals surface area contributed by atoms with Crippen molar-refractivity contribution in [3.63, 3.8) is 0 Å². The van der Waals surface area contributed by atoms with Gasteiger partial charge in [-0.1, -0.05) is 25.7 Å². The van der Waals surface area contributed by atoms with Gasteiger partial charge in [-0.15, -0.1) is 0 Å². The molecule has 1 saturated heterocycles. The van der Waals surface area contributed by atoms with Crippen LogP contribution < -0.4 is 16.7 Å². The Morgan fingerprint density at radius 1 is 0.770 bits per heavy atom. The Labute approximate surface area is 342 Å². The zero-order chi connectivity index (χ0) is 46.5. The Morgan fingerprint density at radius 2 is 1.25 bits per heavy atom. The molecule has 2 rings (SSSR count). The maximum absolute atomic E-state index is 12.2. The Bertz CT molecular complexity index is 2010. The number of aromatic nitrogens is 2. The summed E-state index contributed by atoms with van der Waals surface area (Å²) in [6, 6.07) is 1.21. The summed E-state index contributed by atoms with van der Waals surface area (Å²) < 4.78 is 143. The lowest BCUT2D eigenvalue weighted by atomic mass is 10.1. The lowest BCUT2D eigenvalue weighted by Gasteiger charge is -2.21. The molecule has 1 amide bonds. The minimum absolute atomic E-state index is 0.0126. The number of nitrogens with zero attached hydrogens (tertiary/aromatic N) is 2. The molecule has 0 bridgehead atoms. The number of halogens is 3. The number of nitrogens with one attached hydrogen (secondary N) is 1. The second kappa shape index (κ2) is 23.5. The standard InChI is InChI=1S/C24H43F3N4O24P6/c25-24(26,27)19(33)9-5-1-2-6-10-21(34)29-12-7-3-4-8-14-48-56(36,37)51-58(40,41)53-60(44,45)55-61(46,47)54-59(42,43)52-57(38,39)49-16-18-17(32)15-22(50-18)31-13-11-20(28)30-23(31)35/h11,13,17-18,22,32H,1-10,12,14-16H2,(H,29,34)(H,36,37)(H,38,39)(H,40,41)(H,42,43)(H,44,45)(H,46,47)(H2,28,30,35)/t17?,18-,22-/m1/s1. The fourth-order valence-electron chi connectivity index (χ4n) is 4.75. The number of aliphatic hydroxyl groups is 1. The molecule has 0 saturated carbocycles. The van der Waals surface area contributed by atoms with E-state index in [-0.39, 0.29) is 44.0 Å². The molecule has 61 heavy (non-hydrogen) atoms. The van der Waals surface area contributed by atoms with Crippen LogP contribution in [0.4, 0.5) is 19.0 Å². The molecule has 1 aromatic rings. The Morgan fingerprint density at radius 3 is 1.77 bits per heavy atom. The van der Waals surface area contributed by atoms with Gasteiger partial charge in [-0.2, -0.15) is 39.7 Å². The van der Waals surface area contributed by atoms with E-state index in [4.69, 9.17) is 10.5 Å². The van der Waals surface area contributed by atoms with Crippen molar-refractivity contribution in [3.8, 4) is 0 Å². The molecule has 10 N–H and O–H groups in total. The van der Waals surface area contributed by atoms with Crippen LogP contribution in [-0.2, 0) is 72.3 Å². The SMILES string of the molecule is Nc1ccn([C@H]2CC(O)[C@@H](COP(=O)(O)OP(=O)(O)OP(=O)(O)OP(=O)(O)OP(=O)(O)OP(=O)(O)OCCCCCCNC(=O)CCCCCCC(=O)C(F)(F)F)O2)c(=O)n1. The van der Waals surface area contributed by atoms with Gasteiger partial charge in [0.2, 0.25) is 11.7 Å². The van der Waals surface area contributed by atoms with Crippen LogP contribution in [0.1, 0.15) is 76.9 Å². The van der Waals surface area contributed by atoms with Crippen LogP contribution in [0, 0.1) is 0 Å². The number of ether oxygens (including phenoxy) is 1. The number of aliphatic hydroxyl groups excluding tert-OH is 1. The van der Waals surface area contributed by atoms with Crippen molar-refractivity contribution in [1.82, 2.24) is 14.9 Å². The normalized spacial score (nSPS) is 23.1. The van der Waals surface area contributed by atoms with Crippen molar-refractivity contribution in [1.29, 1.82) is 0 Å². The Hall–Kier alpha value is -1.61. The average Bonchev–Trinajstić information content (AvgIpc) is 3.42. The number of ketones is 1. The minimum Gasteiger partial charge on any atom is -0.390 e. The zero-order valence-corrected chi connectivity index (χ0v) is 36.5. The highest BCUT2D eigenvalue weighted by molar-refractivity contribution is 7.72. The lowest BCUT2D eigenvalue weighted by molar-refractivity contribution is -0.171. The summed E-state index contributed by atoms with van der Waals surface area (Å²) in [4.78, 5) is 96.2. The molecule has 1 aromatic heterocycles. The van der Waals surface area contributed by atoms with E-state index in [2.05, 4.69) is 40.9 Å². The number of unbranched alkanes of at least 4 members (excludes halogenated alkanes) is 6. The van der Waals surface area contributed by atoms with Gasteiger partial charge in [-0.05, 0) is 31.7 Å². The van der Waals surface area contributed by atoms with Crippen molar-refractivity contribution >= 4 is 64.4 Å². The number of alkyl halides is 3. The summed E-state index contributed by atoms with van der Waals surface area (Å²) in [5.74, 6) is -2.27. The topological polar surface area (TPSA) is 425 Å². The molecule has 1 fully saturated rings. The number of carbonyl (C=O) groups is 2. The third-order valence-electron chi connectivity index (χ3n) is 7.32. The van der Waals surface area contributed by atoms with E-state index < -0.39 is 103 Å². The van der Waals surface area contributed by atoms with Gasteiger partial charge in [0.15, 0.2) is 0 Å². The van der Waals surface area contributed by atoms with Crippen LogP contribution in [0.25, 0.3) is 0 Å². The van der Waals surface area contributed by atoms with E-state index in [1.165, 1.54) is 6.07 Å². The largest absolute Gasteiger partial charge is 0.490 e. The number of nitrogens with two attached hydrogens (primary N) is 1. The van der Waals surface area contributed by atoms with E-state index in [1.54, 1.807) is 0 Å². The number of nitrogen functional groups attached to an aromatic ring is 1. The van der Waals surface area contributed by atoms with Crippen LogP contribution in [0.2, 0.25) is 0 Å². The summed E-state index contributed by atoms with van der Waals surface area (Å²) >= 11 is 0. The first-order valence-electron chi connectivity index (χ1n) is 17.2. The number of Topliss-reactive ketones (excluding diaryl/α,β-unsaturated/α-hetero) is 1. The molecule has 0 spiro atoms. The van der Waals surface area contributed by atoms with Crippen LogP contribution in [-0.4, -0.2) is 93.9 Å². The van der Waals surface area contributed by atoms with Crippen LogP contribution in [0.5, 0.6) is 0 Å².